The van der Waals surface area contributed by atoms with Crippen molar-refractivity contribution in [1.29, 1.82) is 0 Å². The summed E-state index contributed by atoms with van der Waals surface area (Å²) in [5, 5.41) is 23.6. The van der Waals surface area contributed by atoms with Crippen LogP contribution >= 0.6 is 11.3 Å². The Morgan fingerprint density at radius 2 is 1.29 bits per heavy atom. The molecule has 0 spiro atoms. The number of alkyl halides is 6. The summed E-state index contributed by atoms with van der Waals surface area (Å²) in [5.41, 5.74) is -0.772. The molecule has 0 aliphatic rings. The van der Waals surface area contributed by atoms with Gasteiger partial charge in [-0.3, -0.25) is 0 Å². The minimum Gasteiger partial charge on any atom is -0.166 e. The highest BCUT2D eigenvalue weighted by atomic mass is 32.1. The Morgan fingerprint density at radius 3 is 1.63 bits per heavy atom. The van der Waals surface area contributed by atoms with Gasteiger partial charge in [-0.1, -0.05) is 41.5 Å². The third-order valence-corrected chi connectivity index (χ3v) is 5.33. The molecule has 35 heavy (non-hydrogen) atoms. The minimum atomic E-state index is -4.40. The molecular weight excluding hydrogens is 494 g/mol. The number of aromatic nitrogens is 6. The predicted octanol–water partition coefficient (Wildman–Crippen LogP) is 7.21. The Bertz CT molecular complexity index is 1030. The fraction of sp³-hybridized carbons (Fsp3) is 0.545. The minimum absolute atomic E-state index is 0.0465. The molecule has 13 heteroatoms. The SMILES string of the molecule is CC(C)c1cc(C(F)(F)F)cnn1.CC(C)c1ccc(C(F)(F)F)nn1.Cc1nnc(C(C)C)s1. The van der Waals surface area contributed by atoms with Crippen molar-refractivity contribution in [2.45, 2.75) is 78.6 Å². The van der Waals surface area contributed by atoms with E-state index in [-0.39, 0.29) is 11.8 Å². The van der Waals surface area contributed by atoms with Gasteiger partial charge in [0.25, 0.3) is 0 Å². The van der Waals surface area contributed by atoms with Crippen LogP contribution in [0.1, 0.15) is 92.0 Å². The molecule has 0 aromatic carbocycles. The van der Waals surface area contributed by atoms with Gasteiger partial charge in [0, 0.05) is 5.92 Å². The van der Waals surface area contributed by atoms with Gasteiger partial charge >= 0.3 is 12.4 Å². The summed E-state index contributed by atoms with van der Waals surface area (Å²) >= 11 is 1.67. The van der Waals surface area contributed by atoms with Crippen LogP contribution in [-0.2, 0) is 12.4 Å². The highest BCUT2D eigenvalue weighted by molar-refractivity contribution is 7.11. The average Bonchev–Trinajstić information content (AvgIpc) is 3.20. The maximum absolute atomic E-state index is 12.2. The van der Waals surface area contributed by atoms with Gasteiger partial charge in [-0.25, -0.2) is 0 Å². The van der Waals surface area contributed by atoms with Gasteiger partial charge in [0.2, 0.25) is 0 Å². The van der Waals surface area contributed by atoms with Gasteiger partial charge < -0.3 is 0 Å². The third kappa shape index (κ3) is 10.6. The number of rotatable bonds is 3. The molecule has 0 unspecified atom stereocenters. The van der Waals surface area contributed by atoms with E-state index in [4.69, 9.17) is 0 Å². The molecule has 0 aliphatic carbocycles. The Hall–Kier alpha value is -2.70. The lowest BCUT2D eigenvalue weighted by Crippen LogP contribution is -2.10. The predicted molar refractivity (Wildman–Crippen MR) is 121 cm³/mol. The van der Waals surface area contributed by atoms with E-state index in [1.54, 1.807) is 25.2 Å². The molecule has 3 rings (SSSR count). The van der Waals surface area contributed by atoms with Crippen LogP contribution in [0.3, 0.4) is 0 Å². The van der Waals surface area contributed by atoms with Gasteiger partial charge in [-0.2, -0.15) is 41.6 Å². The second-order valence-electron chi connectivity index (χ2n) is 8.33. The van der Waals surface area contributed by atoms with E-state index >= 15 is 0 Å². The van der Waals surface area contributed by atoms with Gasteiger partial charge in [0.15, 0.2) is 5.69 Å². The topological polar surface area (TPSA) is 77.3 Å². The first-order valence-corrected chi connectivity index (χ1v) is 11.4. The highest BCUT2D eigenvalue weighted by Crippen LogP contribution is 2.29. The summed E-state index contributed by atoms with van der Waals surface area (Å²) in [6.45, 7) is 13.5. The normalized spacial score (nSPS) is 11.8. The molecule has 194 valence electrons. The first kappa shape index (κ1) is 30.3. The first-order valence-electron chi connectivity index (χ1n) is 10.6. The van der Waals surface area contributed by atoms with Crippen molar-refractivity contribution in [1.82, 2.24) is 30.6 Å². The van der Waals surface area contributed by atoms with Crippen LogP contribution in [-0.4, -0.2) is 30.6 Å². The zero-order chi connectivity index (χ0) is 27.0. The lowest BCUT2D eigenvalue weighted by Gasteiger charge is -2.08. The summed E-state index contributed by atoms with van der Waals surface area (Å²) in [6.07, 6.45) is -8.01. The van der Waals surface area contributed by atoms with Crippen LogP contribution in [0.4, 0.5) is 26.3 Å². The number of aryl methyl sites for hydroxylation is 1. The molecule has 0 aliphatic heterocycles. The van der Waals surface area contributed by atoms with E-state index in [1.165, 1.54) is 6.07 Å². The van der Waals surface area contributed by atoms with Crippen molar-refractivity contribution in [3.63, 3.8) is 0 Å². The monoisotopic (exact) mass is 522 g/mol. The molecule has 0 amide bonds. The standard InChI is InChI=1S/2C8H9F3N2.C6H10N2S/c1-5(2)7-3-6(4-12-13-7)8(9,10)11;1-5(2)6-3-4-7(13-12-6)8(9,10)11;1-4(2)6-8-7-5(3)9-6/h2*3-5H,1-2H3;4H,1-3H3. The van der Waals surface area contributed by atoms with Crippen LogP contribution in [0.25, 0.3) is 0 Å². The molecule has 3 heterocycles. The average molecular weight is 523 g/mol. The van der Waals surface area contributed by atoms with E-state index in [0.717, 1.165) is 28.3 Å². The molecule has 6 nitrogen and oxygen atoms in total. The maximum Gasteiger partial charge on any atom is 0.435 e. The molecule has 0 fully saturated rings. The summed E-state index contributed by atoms with van der Waals surface area (Å²) in [7, 11) is 0. The zero-order valence-electron chi connectivity index (χ0n) is 20.4. The lowest BCUT2D eigenvalue weighted by molar-refractivity contribution is -0.142. The van der Waals surface area contributed by atoms with Crippen molar-refractivity contribution in [3.05, 3.63) is 57.1 Å². The van der Waals surface area contributed by atoms with E-state index in [1.807, 2.05) is 20.8 Å². The van der Waals surface area contributed by atoms with Crippen LogP contribution < -0.4 is 0 Å². The van der Waals surface area contributed by atoms with Crippen molar-refractivity contribution >= 4 is 11.3 Å². The van der Waals surface area contributed by atoms with E-state index in [0.29, 0.717) is 17.3 Å². The molecule has 3 aromatic rings. The molecule has 0 bridgehead atoms. The van der Waals surface area contributed by atoms with Crippen molar-refractivity contribution in [2.75, 3.05) is 0 Å². The summed E-state index contributed by atoms with van der Waals surface area (Å²) in [4.78, 5) is 0. The Balaban J connectivity index is 0.000000267. The summed E-state index contributed by atoms with van der Waals surface area (Å²) in [6, 6.07) is 3.32. The van der Waals surface area contributed by atoms with E-state index in [9.17, 15) is 26.3 Å². The van der Waals surface area contributed by atoms with Crippen molar-refractivity contribution in [3.8, 4) is 0 Å². The third-order valence-electron chi connectivity index (χ3n) is 4.19. The second kappa shape index (κ2) is 12.8. The molecule has 0 N–H and O–H groups in total. The fourth-order valence-corrected chi connectivity index (χ4v) is 2.87. The largest absolute Gasteiger partial charge is 0.435 e. The Labute approximate surface area is 204 Å². The van der Waals surface area contributed by atoms with Crippen LogP contribution in [0.15, 0.2) is 24.4 Å². The zero-order valence-corrected chi connectivity index (χ0v) is 21.2. The van der Waals surface area contributed by atoms with Crippen LogP contribution in [0.2, 0.25) is 0 Å². The molecule has 3 aromatic heterocycles. The Kier molecular flexibility index (Phi) is 11.1. The lowest BCUT2D eigenvalue weighted by atomic mass is 10.1. The molecule has 0 atom stereocenters. The fourth-order valence-electron chi connectivity index (χ4n) is 2.17. The Morgan fingerprint density at radius 1 is 0.686 bits per heavy atom. The summed E-state index contributed by atoms with van der Waals surface area (Å²) < 4.78 is 72.5. The highest BCUT2D eigenvalue weighted by Gasteiger charge is 2.33. The number of nitrogens with zero attached hydrogens (tertiary/aromatic N) is 6. The molecular formula is C22H28F6N6S. The smallest absolute Gasteiger partial charge is 0.166 e. The van der Waals surface area contributed by atoms with Crippen LogP contribution in [0, 0.1) is 6.92 Å². The quantitative estimate of drug-likeness (QED) is 0.338. The van der Waals surface area contributed by atoms with Crippen LogP contribution in [0.5, 0.6) is 0 Å². The second-order valence-corrected chi connectivity index (χ2v) is 9.54. The van der Waals surface area contributed by atoms with Gasteiger partial charge in [0.1, 0.15) is 10.0 Å². The molecule has 0 saturated carbocycles. The van der Waals surface area contributed by atoms with E-state index < -0.39 is 23.6 Å². The maximum atomic E-state index is 12.2. The van der Waals surface area contributed by atoms with Gasteiger partial charge in [-0.15, -0.1) is 26.6 Å². The van der Waals surface area contributed by atoms with Gasteiger partial charge in [0.05, 0.1) is 23.1 Å². The number of halogens is 6. The summed E-state index contributed by atoms with van der Waals surface area (Å²) in [5.74, 6) is 0.570. The van der Waals surface area contributed by atoms with Crippen molar-refractivity contribution < 1.29 is 26.3 Å². The molecule has 0 saturated heterocycles. The molecule has 0 radical (unpaired) electrons. The van der Waals surface area contributed by atoms with E-state index in [2.05, 4.69) is 44.4 Å². The first-order chi connectivity index (χ1) is 16.0. The number of hydrogen-bond acceptors (Lipinski definition) is 7. The number of hydrogen-bond donors (Lipinski definition) is 0. The van der Waals surface area contributed by atoms with Crippen molar-refractivity contribution in [2.24, 2.45) is 0 Å². The van der Waals surface area contributed by atoms with Gasteiger partial charge in [-0.05, 0) is 37.0 Å².